The van der Waals surface area contributed by atoms with Crippen LogP contribution in [-0.4, -0.2) is 37.6 Å². The molecule has 0 saturated carbocycles. The quantitative estimate of drug-likeness (QED) is 0.509. The average Bonchev–Trinajstić information content (AvgIpc) is 2.45. The third-order valence-corrected chi connectivity index (χ3v) is 2.31. The third-order valence-electron chi connectivity index (χ3n) is 2.04. The minimum Gasteiger partial charge on any atom is -0.379 e. The summed E-state index contributed by atoms with van der Waals surface area (Å²) < 4.78 is 16.4. The van der Waals surface area contributed by atoms with E-state index in [0.29, 0.717) is 19.1 Å². The molecule has 1 saturated heterocycles. The van der Waals surface area contributed by atoms with E-state index in [9.17, 15) is 0 Å². The summed E-state index contributed by atoms with van der Waals surface area (Å²) in [7, 11) is 0. The smallest absolute Gasteiger partial charge is 0.163 e. The number of rotatable bonds is 6. The normalized spacial score (nSPS) is 25.5. The Morgan fingerprint density at radius 2 is 2.21 bits per heavy atom. The number of hydrogen-bond donors (Lipinski definition) is 0. The Morgan fingerprint density at radius 3 is 2.79 bits per heavy atom. The van der Waals surface area contributed by atoms with E-state index in [1.807, 2.05) is 13.8 Å². The first-order chi connectivity index (χ1) is 6.64. The van der Waals surface area contributed by atoms with Crippen LogP contribution in [0.5, 0.6) is 0 Å². The summed E-state index contributed by atoms with van der Waals surface area (Å²) in [6.45, 7) is 5.84. The van der Waals surface area contributed by atoms with Gasteiger partial charge in [-0.05, 0) is 26.7 Å². The molecule has 1 atom stereocenters. The van der Waals surface area contributed by atoms with Crippen LogP contribution in [0.3, 0.4) is 0 Å². The molecule has 4 heteroatoms. The van der Waals surface area contributed by atoms with Crippen molar-refractivity contribution in [2.75, 3.05) is 25.7 Å². The van der Waals surface area contributed by atoms with E-state index in [-0.39, 0.29) is 6.10 Å². The summed E-state index contributed by atoms with van der Waals surface area (Å²) in [5.74, 6) is 0.267. The molecule has 0 aromatic rings. The van der Waals surface area contributed by atoms with Gasteiger partial charge < -0.3 is 14.2 Å². The molecule has 1 unspecified atom stereocenters. The molecule has 0 spiro atoms. The molecule has 3 nitrogen and oxygen atoms in total. The molecule has 1 fully saturated rings. The van der Waals surface area contributed by atoms with Crippen molar-refractivity contribution in [1.82, 2.24) is 0 Å². The van der Waals surface area contributed by atoms with Gasteiger partial charge in [0.25, 0.3) is 0 Å². The number of unbranched alkanes of at least 4 members (excludes halogenated alkanes) is 1. The summed E-state index contributed by atoms with van der Waals surface area (Å²) in [6, 6.07) is 0. The number of halogens is 1. The Morgan fingerprint density at radius 1 is 1.43 bits per heavy atom. The number of hydrogen-bond acceptors (Lipinski definition) is 3. The van der Waals surface area contributed by atoms with Gasteiger partial charge in [0.1, 0.15) is 6.10 Å². The van der Waals surface area contributed by atoms with E-state index in [1.54, 1.807) is 0 Å². The lowest BCUT2D eigenvalue weighted by molar-refractivity contribution is -0.145. The van der Waals surface area contributed by atoms with Crippen molar-refractivity contribution < 1.29 is 14.2 Å². The van der Waals surface area contributed by atoms with Gasteiger partial charge in [0, 0.05) is 12.5 Å². The molecule has 14 heavy (non-hydrogen) atoms. The Hall–Kier alpha value is 0.170. The fraction of sp³-hybridized carbons (Fsp3) is 1.00. The van der Waals surface area contributed by atoms with E-state index in [1.165, 1.54) is 0 Å². The molecule has 0 aromatic heterocycles. The predicted molar refractivity (Wildman–Crippen MR) is 55.7 cm³/mol. The summed E-state index contributed by atoms with van der Waals surface area (Å²) in [6.07, 6.45) is 2.11. The lowest BCUT2D eigenvalue weighted by atomic mass is 10.3. The van der Waals surface area contributed by atoms with Gasteiger partial charge in [0.2, 0.25) is 0 Å². The van der Waals surface area contributed by atoms with Crippen LogP contribution >= 0.6 is 11.6 Å². The summed E-state index contributed by atoms with van der Waals surface area (Å²) >= 11 is 5.54. The molecule has 84 valence electrons. The first-order valence-corrected chi connectivity index (χ1v) is 5.63. The maximum atomic E-state index is 5.58. The van der Waals surface area contributed by atoms with Crippen molar-refractivity contribution in [2.45, 2.75) is 38.6 Å². The minimum absolute atomic E-state index is 0.0843. The highest BCUT2D eigenvalue weighted by Crippen LogP contribution is 2.22. The van der Waals surface area contributed by atoms with Gasteiger partial charge in [-0.2, -0.15) is 0 Å². The summed E-state index contributed by atoms with van der Waals surface area (Å²) in [5.41, 5.74) is 0. The van der Waals surface area contributed by atoms with Crippen LogP contribution in [0, 0.1) is 0 Å². The summed E-state index contributed by atoms with van der Waals surface area (Å²) in [5, 5.41) is 0. The highest BCUT2D eigenvalue weighted by Gasteiger charge is 2.32. The molecule has 0 radical (unpaired) electrons. The highest BCUT2D eigenvalue weighted by atomic mass is 35.5. The highest BCUT2D eigenvalue weighted by molar-refractivity contribution is 6.17. The van der Waals surface area contributed by atoms with Crippen LogP contribution in [-0.2, 0) is 14.2 Å². The third kappa shape index (κ3) is 4.60. The minimum atomic E-state index is -0.440. The molecule has 0 aromatic carbocycles. The second-order valence-electron chi connectivity index (χ2n) is 3.92. The number of alkyl halides is 1. The van der Waals surface area contributed by atoms with E-state index in [2.05, 4.69) is 0 Å². The zero-order valence-electron chi connectivity index (χ0n) is 8.92. The first-order valence-electron chi connectivity index (χ1n) is 5.09. The maximum absolute atomic E-state index is 5.58. The molecule has 1 aliphatic heterocycles. The van der Waals surface area contributed by atoms with Crippen molar-refractivity contribution in [2.24, 2.45) is 0 Å². The maximum Gasteiger partial charge on any atom is 0.163 e. The Bertz CT molecular complexity index is 161. The monoisotopic (exact) mass is 222 g/mol. The first kappa shape index (κ1) is 12.2. The van der Waals surface area contributed by atoms with E-state index in [4.69, 9.17) is 25.8 Å². The molecule has 1 aliphatic rings. The Balaban J connectivity index is 1.98. The van der Waals surface area contributed by atoms with Crippen LogP contribution in [0.25, 0.3) is 0 Å². The fourth-order valence-corrected chi connectivity index (χ4v) is 1.55. The predicted octanol–water partition coefficient (Wildman–Crippen LogP) is 2.17. The second kappa shape index (κ2) is 5.91. The second-order valence-corrected chi connectivity index (χ2v) is 4.30. The molecule has 1 heterocycles. The van der Waals surface area contributed by atoms with Gasteiger partial charge in [-0.3, -0.25) is 0 Å². The number of ether oxygens (including phenoxy) is 3. The molecule has 0 amide bonds. The van der Waals surface area contributed by atoms with Gasteiger partial charge in [-0.15, -0.1) is 11.6 Å². The zero-order valence-corrected chi connectivity index (χ0v) is 9.68. The average molecular weight is 223 g/mol. The zero-order chi connectivity index (χ0) is 10.4. The van der Waals surface area contributed by atoms with Gasteiger partial charge in [-0.25, -0.2) is 0 Å². The van der Waals surface area contributed by atoms with E-state index < -0.39 is 5.79 Å². The standard InChI is InChI=1S/C10H19ClO3/c1-10(2)13-8-9(14-10)7-12-6-4-3-5-11/h9H,3-8H2,1-2H3. The largest absolute Gasteiger partial charge is 0.379 e. The van der Waals surface area contributed by atoms with Crippen molar-refractivity contribution in [1.29, 1.82) is 0 Å². The van der Waals surface area contributed by atoms with Gasteiger partial charge >= 0.3 is 0 Å². The molecule has 0 N–H and O–H groups in total. The van der Waals surface area contributed by atoms with Crippen molar-refractivity contribution in [3.63, 3.8) is 0 Å². The van der Waals surface area contributed by atoms with Crippen LogP contribution < -0.4 is 0 Å². The topological polar surface area (TPSA) is 27.7 Å². The fourth-order valence-electron chi connectivity index (χ4n) is 1.36. The van der Waals surface area contributed by atoms with Crippen LogP contribution in [0.1, 0.15) is 26.7 Å². The van der Waals surface area contributed by atoms with Crippen molar-refractivity contribution >= 4 is 11.6 Å². The van der Waals surface area contributed by atoms with Crippen molar-refractivity contribution in [3.05, 3.63) is 0 Å². The van der Waals surface area contributed by atoms with Crippen LogP contribution in [0.2, 0.25) is 0 Å². The molecule has 0 aliphatic carbocycles. The van der Waals surface area contributed by atoms with Crippen LogP contribution in [0.4, 0.5) is 0 Å². The molecular weight excluding hydrogens is 204 g/mol. The lowest BCUT2D eigenvalue weighted by Gasteiger charge is -2.16. The lowest BCUT2D eigenvalue weighted by Crippen LogP contribution is -2.24. The van der Waals surface area contributed by atoms with Crippen molar-refractivity contribution in [3.8, 4) is 0 Å². The van der Waals surface area contributed by atoms with E-state index >= 15 is 0 Å². The summed E-state index contributed by atoms with van der Waals surface area (Å²) in [4.78, 5) is 0. The van der Waals surface area contributed by atoms with Gasteiger partial charge in [0.15, 0.2) is 5.79 Å². The Labute approximate surface area is 90.7 Å². The molecular formula is C10H19ClO3. The van der Waals surface area contributed by atoms with Crippen LogP contribution in [0.15, 0.2) is 0 Å². The Kier molecular flexibility index (Phi) is 5.17. The molecule has 1 rings (SSSR count). The van der Waals surface area contributed by atoms with Gasteiger partial charge in [0.05, 0.1) is 13.2 Å². The SMILES string of the molecule is CC1(C)OCC(COCCCCCl)O1. The van der Waals surface area contributed by atoms with Gasteiger partial charge in [-0.1, -0.05) is 0 Å². The van der Waals surface area contributed by atoms with E-state index in [0.717, 1.165) is 19.4 Å². The molecule has 0 bridgehead atoms.